The predicted octanol–water partition coefficient (Wildman–Crippen LogP) is 0.522. The lowest BCUT2D eigenvalue weighted by Crippen LogP contribution is -2.24. The van der Waals surface area contributed by atoms with E-state index in [-0.39, 0.29) is 12.0 Å². The van der Waals surface area contributed by atoms with Crippen LogP contribution in [0.5, 0.6) is 0 Å². The quantitative estimate of drug-likeness (QED) is 0.866. The maximum atomic E-state index is 5.55. The van der Waals surface area contributed by atoms with Crippen molar-refractivity contribution < 1.29 is 4.74 Å². The summed E-state index contributed by atoms with van der Waals surface area (Å²) in [5, 5.41) is 10.7. The second-order valence-electron chi connectivity index (χ2n) is 4.68. The zero-order valence-corrected chi connectivity index (χ0v) is 10.9. The van der Waals surface area contributed by atoms with Crippen LogP contribution in [0.4, 0.5) is 5.95 Å². The lowest BCUT2D eigenvalue weighted by atomic mass is 10.0. The number of rotatable bonds is 3. The molecular formula is C12H16N6O. The molecule has 7 nitrogen and oxygen atoms in total. The molecule has 2 aromatic rings. The Bertz CT molecular complexity index is 543. The van der Waals surface area contributed by atoms with E-state index >= 15 is 0 Å². The molecule has 0 aliphatic carbocycles. The van der Waals surface area contributed by atoms with E-state index in [9.17, 15) is 0 Å². The first-order chi connectivity index (χ1) is 9.28. The summed E-state index contributed by atoms with van der Waals surface area (Å²) < 4.78 is 5.55. The second-order valence-corrected chi connectivity index (χ2v) is 4.68. The highest BCUT2D eigenvalue weighted by molar-refractivity contribution is 5.35. The van der Waals surface area contributed by atoms with E-state index in [0.29, 0.717) is 0 Å². The molecule has 3 heterocycles. The Morgan fingerprint density at radius 2 is 2.32 bits per heavy atom. The number of aromatic amines is 1. The van der Waals surface area contributed by atoms with Gasteiger partial charge in [-0.2, -0.15) is 15.4 Å². The molecule has 7 heteroatoms. The van der Waals surface area contributed by atoms with Gasteiger partial charge in [-0.15, -0.1) is 0 Å². The Morgan fingerprint density at radius 1 is 1.42 bits per heavy atom. The number of nitrogens with zero attached hydrogens (tertiary/aromatic N) is 5. The molecule has 3 rings (SSSR count). The average molecular weight is 260 g/mol. The summed E-state index contributed by atoms with van der Waals surface area (Å²) >= 11 is 0. The van der Waals surface area contributed by atoms with Gasteiger partial charge >= 0.3 is 0 Å². The van der Waals surface area contributed by atoms with Crippen molar-refractivity contribution in [2.45, 2.75) is 18.9 Å². The number of hydrogen-bond acceptors (Lipinski definition) is 6. The minimum atomic E-state index is 0.0780. The van der Waals surface area contributed by atoms with E-state index in [1.54, 1.807) is 19.5 Å². The fourth-order valence-electron chi connectivity index (χ4n) is 2.44. The van der Waals surface area contributed by atoms with Gasteiger partial charge in [0.2, 0.25) is 5.95 Å². The Labute approximate surface area is 111 Å². The fraction of sp³-hybridized carbons (Fsp3) is 0.500. The highest BCUT2D eigenvalue weighted by atomic mass is 16.5. The standard InChI is InChI=1S/C12H16N6O/c1-8-3-4-13-12(15-8)18-6-9(11(7-18)19-2)10-5-14-17-16-10/h3-5,9,11H,6-7H2,1-2H3,(H,14,16,17)/t9-,11+/m0/s1. The van der Waals surface area contributed by atoms with Crippen molar-refractivity contribution in [3.8, 4) is 0 Å². The Hall–Kier alpha value is -2.02. The average Bonchev–Trinajstić information content (AvgIpc) is 3.07. The van der Waals surface area contributed by atoms with Crippen molar-refractivity contribution in [2.24, 2.45) is 0 Å². The molecule has 0 unspecified atom stereocenters. The summed E-state index contributed by atoms with van der Waals surface area (Å²) in [6.07, 6.45) is 3.61. The summed E-state index contributed by atoms with van der Waals surface area (Å²) in [5.41, 5.74) is 1.88. The molecule has 0 bridgehead atoms. The number of ether oxygens (including phenoxy) is 1. The number of methoxy groups -OCH3 is 1. The van der Waals surface area contributed by atoms with Crippen LogP contribution in [-0.4, -0.2) is 51.7 Å². The van der Waals surface area contributed by atoms with Crippen molar-refractivity contribution in [1.29, 1.82) is 0 Å². The molecule has 1 aliphatic rings. The summed E-state index contributed by atoms with van der Waals surface area (Å²) in [6, 6.07) is 1.89. The lowest BCUT2D eigenvalue weighted by Gasteiger charge is -2.15. The highest BCUT2D eigenvalue weighted by Gasteiger charge is 2.36. The molecular weight excluding hydrogens is 244 g/mol. The first-order valence-corrected chi connectivity index (χ1v) is 6.21. The predicted molar refractivity (Wildman–Crippen MR) is 68.9 cm³/mol. The van der Waals surface area contributed by atoms with Crippen molar-refractivity contribution in [2.75, 3.05) is 25.1 Å². The number of aromatic nitrogens is 5. The van der Waals surface area contributed by atoms with Crippen LogP contribution in [0, 0.1) is 6.92 Å². The SMILES string of the molecule is CO[C@@H]1CN(c2nccc(C)n2)C[C@H]1c1cn[nH]n1. The monoisotopic (exact) mass is 260 g/mol. The van der Waals surface area contributed by atoms with Crippen molar-refractivity contribution in [1.82, 2.24) is 25.4 Å². The van der Waals surface area contributed by atoms with Crippen LogP contribution in [-0.2, 0) is 4.74 Å². The van der Waals surface area contributed by atoms with E-state index < -0.39 is 0 Å². The minimum absolute atomic E-state index is 0.0780. The lowest BCUT2D eigenvalue weighted by molar-refractivity contribution is 0.105. The maximum absolute atomic E-state index is 5.55. The van der Waals surface area contributed by atoms with Crippen LogP contribution in [0.15, 0.2) is 18.5 Å². The van der Waals surface area contributed by atoms with Gasteiger partial charge in [0, 0.05) is 32.1 Å². The van der Waals surface area contributed by atoms with Gasteiger partial charge in [-0.05, 0) is 13.0 Å². The molecule has 100 valence electrons. The molecule has 1 fully saturated rings. The van der Waals surface area contributed by atoms with Gasteiger partial charge in [-0.1, -0.05) is 0 Å². The Balaban J connectivity index is 1.83. The molecule has 0 amide bonds. The van der Waals surface area contributed by atoms with Crippen molar-refractivity contribution >= 4 is 5.95 Å². The van der Waals surface area contributed by atoms with Gasteiger partial charge in [0.15, 0.2) is 0 Å². The van der Waals surface area contributed by atoms with Gasteiger partial charge in [-0.3, -0.25) is 0 Å². The smallest absolute Gasteiger partial charge is 0.225 e. The number of aryl methyl sites for hydroxylation is 1. The largest absolute Gasteiger partial charge is 0.379 e. The molecule has 2 aromatic heterocycles. The summed E-state index contributed by atoms with van der Waals surface area (Å²) in [5.74, 6) is 0.931. The third-order valence-corrected chi connectivity index (χ3v) is 3.45. The van der Waals surface area contributed by atoms with Crippen LogP contribution in [0.25, 0.3) is 0 Å². The van der Waals surface area contributed by atoms with Gasteiger partial charge in [0.05, 0.1) is 23.9 Å². The molecule has 0 spiro atoms. The molecule has 0 radical (unpaired) electrons. The van der Waals surface area contributed by atoms with Gasteiger partial charge in [0.1, 0.15) is 0 Å². The summed E-state index contributed by atoms with van der Waals surface area (Å²) in [6.45, 7) is 3.51. The topological polar surface area (TPSA) is 79.8 Å². The van der Waals surface area contributed by atoms with Gasteiger partial charge < -0.3 is 9.64 Å². The third-order valence-electron chi connectivity index (χ3n) is 3.45. The fourth-order valence-corrected chi connectivity index (χ4v) is 2.44. The number of H-pyrrole nitrogens is 1. The van der Waals surface area contributed by atoms with E-state index in [1.807, 2.05) is 13.0 Å². The van der Waals surface area contributed by atoms with Crippen molar-refractivity contribution in [3.05, 3.63) is 29.8 Å². The van der Waals surface area contributed by atoms with Crippen LogP contribution in [0.1, 0.15) is 17.3 Å². The number of anilines is 1. The normalized spacial score (nSPS) is 22.9. The van der Waals surface area contributed by atoms with Crippen LogP contribution >= 0.6 is 0 Å². The molecule has 1 saturated heterocycles. The Morgan fingerprint density at radius 3 is 3.00 bits per heavy atom. The molecule has 1 N–H and O–H groups in total. The molecule has 0 saturated carbocycles. The molecule has 19 heavy (non-hydrogen) atoms. The van der Waals surface area contributed by atoms with E-state index in [4.69, 9.17) is 4.74 Å². The Kier molecular flexibility index (Phi) is 3.12. The second kappa shape index (κ2) is 4.93. The van der Waals surface area contributed by atoms with E-state index in [1.165, 1.54) is 0 Å². The molecule has 1 aliphatic heterocycles. The van der Waals surface area contributed by atoms with Gasteiger partial charge in [-0.25, -0.2) is 9.97 Å². The van der Waals surface area contributed by atoms with Crippen molar-refractivity contribution in [3.63, 3.8) is 0 Å². The first-order valence-electron chi connectivity index (χ1n) is 6.21. The van der Waals surface area contributed by atoms with Crippen LogP contribution in [0.2, 0.25) is 0 Å². The molecule has 2 atom stereocenters. The number of hydrogen-bond donors (Lipinski definition) is 1. The van der Waals surface area contributed by atoms with E-state index in [0.717, 1.165) is 30.4 Å². The number of nitrogens with one attached hydrogen (secondary N) is 1. The third kappa shape index (κ3) is 2.28. The van der Waals surface area contributed by atoms with Crippen LogP contribution in [0.3, 0.4) is 0 Å². The zero-order valence-electron chi connectivity index (χ0n) is 10.9. The maximum Gasteiger partial charge on any atom is 0.225 e. The van der Waals surface area contributed by atoms with E-state index in [2.05, 4.69) is 30.3 Å². The molecule has 0 aromatic carbocycles. The highest BCUT2D eigenvalue weighted by Crippen LogP contribution is 2.29. The summed E-state index contributed by atoms with van der Waals surface area (Å²) in [4.78, 5) is 10.9. The zero-order chi connectivity index (χ0) is 13.2. The minimum Gasteiger partial charge on any atom is -0.379 e. The first kappa shape index (κ1) is 12.0. The summed E-state index contributed by atoms with van der Waals surface area (Å²) in [7, 11) is 1.72. The van der Waals surface area contributed by atoms with Gasteiger partial charge in [0.25, 0.3) is 0 Å². The van der Waals surface area contributed by atoms with Crippen LogP contribution < -0.4 is 4.90 Å².